The smallest absolute Gasteiger partial charge is 0.0397 e. The Labute approximate surface area is 110 Å². The van der Waals surface area contributed by atoms with Gasteiger partial charge in [-0.2, -0.15) is 0 Å². The number of aromatic nitrogens is 1. The maximum Gasteiger partial charge on any atom is 0.0397 e. The normalized spacial score (nSPS) is 29.1. The highest BCUT2D eigenvalue weighted by Gasteiger charge is 2.40. The lowest BCUT2D eigenvalue weighted by atomic mass is 9.79. The second-order valence-corrected chi connectivity index (χ2v) is 5.85. The topological polar surface area (TPSA) is 19.4 Å². The molecular weight excluding hydrogens is 222 g/mol. The van der Waals surface area contributed by atoms with E-state index in [4.69, 9.17) is 0 Å². The van der Waals surface area contributed by atoms with Gasteiger partial charge in [-0.25, -0.2) is 0 Å². The number of piperidine rings is 1. The summed E-state index contributed by atoms with van der Waals surface area (Å²) in [5, 5.41) is 0. The molecule has 0 aliphatic carbocycles. The maximum atomic E-state index is 4.11. The van der Waals surface area contributed by atoms with Crippen LogP contribution in [0.25, 0.3) is 0 Å². The fourth-order valence-electron chi connectivity index (χ4n) is 3.62. The number of likely N-dealkylation sites (tertiary alicyclic amines) is 1. The number of hydrogen-bond acceptors (Lipinski definition) is 3. The van der Waals surface area contributed by atoms with Crippen LogP contribution in [0.4, 0.5) is 5.69 Å². The minimum absolute atomic E-state index is 0.553. The van der Waals surface area contributed by atoms with Crippen molar-refractivity contribution in [1.29, 1.82) is 0 Å². The summed E-state index contributed by atoms with van der Waals surface area (Å²) in [6.45, 7) is 8.53. The predicted molar refractivity (Wildman–Crippen MR) is 74.8 cm³/mol. The summed E-state index contributed by atoms with van der Waals surface area (Å²) in [7, 11) is 0. The van der Waals surface area contributed by atoms with Crippen LogP contribution in [0, 0.1) is 5.41 Å². The fourth-order valence-corrected chi connectivity index (χ4v) is 3.62. The lowest BCUT2D eigenvalue weighted by Gasteiger charge is -2.40. The Balaban J connectivity index is 1.71. The maximum absolute atomic E-state index is 4.11. The molecule has 0 saturated carbocycles. The van der Waals surface area contributed by atoms with E-state index in [0.717, 1.165) is 0 Å². The third-order valence-electron chi connectivity index (χ3n) is 4.65. The Morgan fingerprint density at radius 1 is 1.17 bits per heavy atom. The number of hydrogen-bond donors (Lipinski definition) is 0. The van der Waals surface area contributed by atoms with Gasteiger partial charge in [0.2, 0.25) is 0 Å². The zero-order valence-electron chi connectivity index (χ0n) is 11.3. The van der Waals surface area contributed by atoms with E-state index >= 15 is 0 Å². The highest BCUT2D eigenvalue weighted by molar-refractivity contribution is 5.46. The highest BCUT2D eigenvalue weighted by Crippen LogP contribution is 2.40. The zero-order chi connectivity index (χ0) is 12.4. The molecule has 3 heteroatoms. The first-order valence-electron chi connectivity index (χ1n) is 7.19. The average molecular weight is 245 g/mol. The van der Waals surface area contributed by atoms with Crippen molar-refractivity contribution in [3.05, 3.63) is 24.5 Å². The molecule has 3 heterocycles. The summed E-state index contributed by atoms with van der Waals surface area (Å²) < 4.78 is 0. The Bertz CT molecular complexity index is 392. The first-order chi connectivity index (χ1) is 8.81. The van der Waals surface area contributed by atoms with Crippen LogP contribution in [0.15, 0.2) is 24.5 Å². The highest BCUT2D eigenvalue weighted by atomic mass is 15.2. The van der Waals surface area contributed by atoms with Gasteiger partial charge in [0.25, 0.3) is 0 Å². The van der Waals surface area contributed by atoms with E-state index in [0.29, 0.717) is 5.41 Å². The molecule has 0 radical (unpaired) electrons. The molecule has 98 valence electrons. The van der Waals surface area contributed by atoms with Gasteiger partial charge in [-0.1, -0.05) is 6.92 Å². The second kappa shape index (κ2) is 4.88. The minimum Gasteiger partial charge on any atom is -0.371 e. The third-order valence-corrected chi connectivity index (χ3v) is 4.65. The van der Waals surface area contributed by atoms with Gasteiger partial charge in [0.05, 0.1) is 0 Å². The fraction of sp³-hybridized carbons (Fsp3) is 0.667. The molecule has 18 heavy (non-hydrogen) atoms. The first kappa shape index (κ1) is 12.0. The summed E-state index contributed by atoms with van der Waals surface area (Å²) >= 11 is 0. The van der Waals surface area contributed by atoms with Crippen LogP contribution in [0.1, 0.15) is 26.2 Å². The Hall–Kier alpha value is -1.09. The van der Waals surface area contributed by atoms with Crippen LogP contribution < -0.4 is 4.90 Å². The lowest BCUT2D eigenvalue weighted by molar-refractivity contribution is 0.110. The van der Waals surface area contributed by atoms with Crippen LogP contribution in [0.3, 0.4) is 0 Å². The molecule has 0 amide bonds. The first-order valence-corrected chi connectivity index (χ1v) is 7.19. The van der Waals surface area contributed by atoms with Crippen molar-refractivity contribution in [3.8, 4) is 0 Å². The summed E-state index contributed by atoms with van der Waals surface area (Å²) in [6, 6.07) is 4.28. The standard InChI is InChI=1S/C15H23N3/c1-2-17-10-3-6-15(12-17)7-11-18(13-15)14-4-8-16-9-5-14/h4-5,8-9H,2-3,6-7,10-13H2,1H3. The van der Waals surface area contributed by atoms with Crippen LogP contribution in [-0.4, -0.2) is 42.6 Å². The van der Waals surface area contributed by atoms with Gasteiger partial charge in [-0.15, -0.1) is 0 Å². The summed E-state index contributed by atoms with van der Waals surface area (Å²) in [4.78, 5) is 9.28. The quantitative estimate of drug-likeness (QED) is 0.797. The monoisotopic (exact) mass is 245 g/mol. The molecule has 2 aliphatic heterocycles. The Morgan fingerprint density at radius 2 is 2.00 bits per heavy atom. The van der Waals surface area contributed by atoms with E-state index in [1.54, 1.807) is 0 Å². The Kier molecular flexibility index (Phi) is 3.25. The molecule has 3 nitrogen and oxygen atoms in total. The van der Waals surface area contributed by atoms with E-state index < -0.39 is 0 Å². The van der Waals surface area contributed by atoms with Gasteiger partial charge >= 0.3 is 0 Å². The zero-order valence-corrected chi connectivity index (χ0v) is 11.3. The van der Waals surface area contributed by atoms with Gasteiger partial charge in [-0.05, 0) is 44.5 Å². The number of pyridine rings is 1. The number of rotatable bonds is 2. The molecule has 2 aliphatic rings. The summed E-state index contributed by atoms with van der Waals surface area (Å²) in [5.41, 5.74) is 1.90. The molecule has 1 spiro atoms. The van der Waals surface area contributed by atoms with Crippen molar-refractivity contribution < 1.29 is 0 Å². The van der Waals surface area contributed by atoms with E-state index in [2.05, 4.69) is 33.8 Å². The van der Waals surface area contributed by atoms with E-state index in [9.17, 15) is 0 Å². The largest absolute Gasteiger partial charge is 0.371 e. The van der Waals surface area contributed by atoms with Crippen molar-refractivity contribution in [2.75, 3.05) is 37.6 Å². The summed E-state index contributed by atoms with van der Waals surface area (Å²) in [5.74, 6) is 0. The van der Waals surface area contributed by atoms with Gasteiger partial charge in [0, 0.05) is 43.1 Å². The van der Waals surface area contributed by atoms with Crippen LogP contribution in [-0.2, 0) is 0 Å². The van der Waals surface area contributed by atoms with Crippen LogP contribution in [0.2, 0.25) is 0 Å². The van der Waals surface area contributed by atoms with E-state index in [1.807, 2.05) is 12.4 Å². The molecule has 1 aromatic rings. The molecule has 0 N–H and O–H groups in total. The molecule has 3 rings (SSSR count). The molecule has 2 fully saturated rings. The molecule has 1 atom stereocenters. The third kappa shape index (κ3) is 2.24. The van der Waals surface area contributed by atoms with Crippen molar-refractivity contribution in [2.45, 2.75) is 26.2 Å². The van der Waals surface area contributed by atoms with Crippen molar-refractivity contribution in [3.63, 3.8) is 0 Å². The molecule has 2 saturated heterocycles. The number of nitrogens with zero attached hydrogens (tertiary/aromatic N) is 3. The molecule has 1 aromatic heterocycles. The van der Waals surface area contributed by atoms with Crippen molar-refractivity contribution >= 4 is 5.69 Å². The predicted octanol–water partition coefficient (Wildman–Crippen LogP) is 2.39. The average Bonchev–Trinajstić information content (AvgIpc) is 2.83. The molecule has 0 bridgehead atoms. The lowest BCUT2D eigenvalue weighted by Crippen LogP contribution is -2.44. The van der Waals surface area contributed by atoms with Gasteiger partial charge < -0.3 is 9.80 Å². The molecular formula is C15H23N3. The SMILES string of the molecule is CCN1CCCC2(CCN(c3ccncc3)C2)C1. The van der Waals surface area contributed by atoms with E-state index in [1.165, 1.54) is 57.7 Å². The summed E-state index contributed by atoms with van der Waals surface area (Å²) in [6.07, 6.45) is 7.94. The Morgan fingerprint density at radius 3 is 2.78 bits per heavy atom. The van der Waals surface area contributed by atoms with Gasteiger partial charge in [0.15, 0.2) is 0 Å². The number of anilines is 1. The second-order valence-electron chi connectivity index (χ2n) is 5.85. The van der Waals surface area contributed by atoms with Crippen LogP contribution in [0.5, 0.6) is 0 Å². The van der Waals surface area contributed by atoms with Crippen molar-refractivity contribution in [2.24, 2.45) is 5.41 Å². The minimum atomic E-state index is 0.553. The molecule has 0 aromatic carbocycles. The molecule has 1 unspecified atom stereocenters. The van der Waals surface area contributed by atoms with Gasteiger partial charge in [-0.3, -0.25) is 4.98 Å². The van der Waals surface area contributed by atoms with Gasteiger partial charge in [0.1, 0.15) is 0 Å². The van der Waals surface area contributed by atoms with E-state index in [-0.39, 0.29) is 0 Å². The van der Waals surface area contributed by atoms with Crippen LogP contribution >= 0.6 is 0 Å². The van der Waals surface area contributed by atoms with Crippen molar-refractivity contribution in [1.82, 2.24) is 9.88 Å².